The Morgan fingerprint density at radius 1 is 1.06 bits per heavy atom. The largest absolute Gasteiger partial charge is 0.356 e. The average molecular weight is 434 g/mol. The Balaban J connectivity index is 1.19. The van der Waals surface area contributed by atoms with Gasteiger partial charge in [-0.25, -0.2) is 24.6 Å². The maximum atomic E-state index is 12.7. The Bertz CT molecular complexity index is 1150. The minimum Gasteiger partial charge on any atom is -0.356 e. The number of piperidine rings is 1. The van der Waals surface area contributed by atoms with Gasteiger partial charge in [-0.2, -0.15) is 5.10 Å². The second-order valence-corrected chi connectivity index (χ2v) is 7.94. The van der Waals surface area contributed by atoms with E-state index in [0.29, 0.717) is 10.9 Å². The van der Waals surface area contributed by atoms with Crippen LogP contribution in [0.5, 0.6) is 0 Å². The Kier molecular flexibility index (Phi) is 5.31. The fourth-order valence-electron chi connectivity index (χ4n) is 3.50. The molecular weight excluding hydrogens is 414 g/mol. The van der Waals surface area contributed by atoms with E-state index in [0.717, 1.165) is 43.1 Å². The minimum absolute atomic E-state index is 0.00700. The number of anilines is 2. The van der Waals surface area contributed by atoms with Gasteiger partial charge in [0, 0.05) is 36.7 Å². The van der Waals surface area contributed by atoms with Crippen molar-refractivity contribution in [3.05, 3.63) is 54.8 Å². The second-order valence-electron chi connectivity index (χ2n) is 7.08. The molecule has 0 radical (unpaired) electrons. The molecule has 0 aliphatic carbocycles. The SMILES string of the molecule is O=C(Nc1nc(-c2ccccn2)cs1)C1CCN(c2cc(-n3cncn3)ncn2)CC1. The first kappa shape index (κ1) is 19.2. The summed E-state index contributed by atoms with van der Waals surface area (Å²) in [6.45, 7) is 1.48. The second kappa shape index (κ2) is 8.56. The molecule has 5 rings (SSSR count). The van der Waals surface area contributed by atoms with Crippen LogP contribution in [0.1, 0.15) is 12.8 Å². The van der Waals surface area contributed by atoms with Crippen LogP contribution < -0.4 is 10.2 Å². The molecule has 1 N–H and O–H groups in total. The summed E-state index contributed by atoms with van der Waals surface area (Å²) in [5, 5.41) is 9.57. The molecular formula is C20H19N9OS. The molecule has 4 aromatic heterocycles. The molecule has 0 spiro atoms. The van der Waals surface area contributed by atoms with Gasteiger partial charge in [0.05, 0.1) is 5.69 Å². The van der Waals surface area contributed by atoms with Gasteiger partial charge in [0.2, 0.25) is 5.91 Å². The summed E-state index contributed by atoms with van der Waals surface area (Å²) < 4.78 is 1.60. The van der Waals surface area contributed by atoms with Crippen molar-refractivity contribution in [1.82, 2.24) is 34.7 Å². The molecule has 4 aromatic rings. The summed E-state index contributed by atoms with van der Waals surface area (Å²) in [7, 11) is 0. The lowest BCUT2D eigenvalue weighted by molar-refractivity contribution is -0.120. The maximum Gasteiger partial charge on any atom is 0.229 e. The van der Waals surface area contributed by atoms with E-state index in [4.69, 9.17) is 0 Å². The van der Waals surface area contributed by atoms with Gasteiger partial charge in [-0.15, -0.1) is 11.3 Å². The number of rotatable bonds is 5. The van der Waals surface area contributed by atoms with Crippen molar-refractivity contribution < 1.29 is 4.79 Å². The molecule has 10 nitrogen and oxygen atoms in total. The zero-order valence-corrected chi connectivity index (χ0v) is 17.3. The molecule has 11 heteroatoms. The number of hydrogen-bond acceptors (Lipinski definition) is 9. The van der Waals surface area contributed by atoms with Crippen molar-refractivity contribution in [2.45, 2.75) is 12.8 Å². The molecule has 0 bridgehead atoms. The fraction of sp³-hybridized carbons (Fsp3) is 0.250. The van der Waals surface area contributed by atoms with Crippen molar-refractivity contribution in [3.8, 4) is 17.2 Å². The molecule has 1 saturated heterocycles. The average Bonchev–Trinajstić information content (AvgIpc) is 3.53. The van der Waals surface area contributed by atoms with E-state index in [2.05, 4.69) is 40.2 Å². The first-order valence-electron chi connectivity index (χ1n) is 9.86. The third-order valence-corrected chi connectivity index (χ3v) is 5.90. The van der Waals surface area contributed by atoms with Crippen molar-refractivity contribution in [2.24, 2.45) is 5.92 Å². The van der Waals surface area contributed by atoms with Crippen LogP contribution in [-0.2, 0) is 4.79 Å². The molecule has 1 amide bonds. The molecule has 5 heterocycles. The summed E-state index contributed by atoms with van der Waals surface area (Å²) in [4.78, 5) is 36.3. The van der Waals surface area contributed by atoms with Crippen LogP contribution in [0.4, 0.5) is 10.9 Å². The number of amides is 1. The zero-order chi connectivity index (χ0) is 21.0. The Morgan fingerprint density at radius 2 is 1.94 bits per heavy atom. The zero-order valence-electron chi connectivity index (χ0n) is 16.5. The maximum absolute atomic E-state index is 12.7. The van der Waals surface area contributed by atoms with Crippen LogP contribution in [-0.4, -0.2) is 53.7 Å². The summed E-state index contributed by atoms with van der Waals surface area (Å²) in [5.41, 5.74) is 1.56. The van der Waals surface area contributed by atoms with Gasteiger partial charge >= 0.3 is 0 Å². The van der Waals surface area contributed by atoms with E-state index in [1.807, 2.05) is 29.6 Å². The number of carbonyl (C=O) groups excluding carboxylic acids is 1. The number of carbonyl (C=O) groups is 1. The summed E-state index contributed by atoms with van der Waals surface area (Å²) in [6.07, 6.45) is 7.80. The van der Waals surface area contributed by atoms with Gasteiger partial charge in [0.15, 0.2) is 10.9 Å². The lowest BCUT2D eigenvalue weighted by atomic mass is 9.96. The van der Waals surface area contributed by atoms with Gasteiger partial charge in [-0.1, -0.05) is 6.07 Å². The number of aromatic nitrogens is 7. The van der Waals surface area contributed by atoms with Crippen LogP contribution >= 0.6 is 11.3 Å². The van der Waals surface area contributed by atoms with Crippen LogP contribution in [0.25, 0.3) is 17.2 Å². The van der Waals surface area contributed by atoms with Crippen LogP contribution in [0, 0.1) is 5.92 Å². The normalized spacial score (nSPS) is 14.5. The Labute approximate surface area is 182 Å². The van der Waals surface area contributed by atoms with Crippen molar-refractivity contribution in [1.29, 1.82) is 0 Å². The van der Waals surface area contributed by atoms with Gasteiger partial charge < -0.3 is 10.2 Å². The molecule has 31 heavy (non-hydrogen) atoms. The molecule has 1 fully saturated rings. The van der Waals surface area contributed by atoms with E-state index in [1.165, 1.54) is 24.0 Å². The fourth-order valence-corrected chi connectivity index (χ4v) is 4.21. The number of pyridine rings is 1. The van der Waals surface area contributed by atoms with Crippen LogP contribution in [0.3, 0.4) is 0 Å². The van der Waals surface area contributed by atoms with Crippen LogP contribution in [0.2, 0.25) is 0 Å². The highest BCUT2D eigenvalue weighted by Crippen LogP contribution is 2.26. The van der Waals surface area contributed by atoms with Gasteiger partial charge in [-0.3, -0.25) is 9.78 Å². The molecule has 1 aliphatic rings. The Morgan fingerprint density at radius 3 is 2.71 bits per heavy atom. The number of hydrogen-bond donors (Lipinski definition) is 1. The number of nitrogens with one attached hydrogen (secondary N) is 1. The van der Waals surface area contributed by atoms with E-state index < -0.39 is 0 Å². The lowest BCUT2D eigenvalue weighted by Crippen LogP contribution is -2.38. The van der Waals surface area contributed by atoms with E-state index in [-0.39, 0.29) is 11.8 Å². The summed E-state index contributed by atoms with van der Waals surface area (Å²) in [5.74, 6) is 1.43. The van der Waals surface area contributed by atoms with Crippen molar-refractivity contribution >= 4 is 28.2 Å². The summed E-state index contributed by atoms with van der Waals surface area (Å²) in [6, 6.07) is 7.56. The highest BCUT2D eigenvalue weighted by molar-refractivity contribution is 7.14. The number of thiazole rings is 1. The third kappa shape index (κ3) is 4.26. The predicted molar refractivity (Wildman–Crippen MR) is 116 cm³/mol. The van der Waals surface area contributed by atoms with Crippen molar-refractivity contribution in [3.63, 3.8) is 0 Å². The molecule has 0 unspecified atom stereocenters. The van der Waals surface area contributed by atoms with Gasteiger partial charge in [0.1, 0.15) is 30.5 Å². The van der Waals surface area contributed by atoms with E-state index in [9.17, 15) is 4.79 Å². The molecule has 1 aliphatic heterocycles. The smallest absolute Gasteiger partial charge is 0.229 e. The van der Waals surface area contributed by atoms with E-state index in [1.54, 1.807) is 17.2 Å². The lowest BCUT2D eigenvalue weighted by Gasteiger charge is -2.32. The Hall–Kier alpha value is -3.73. The van der Waals surface area contributed by atoms with Crippen molar-refractivity contribution in [2.75, 3.05) is 23.3 Å². The van der Waals surface area contributed by atoms with Crippen LogP contribution in [0.15, 0.2) is 54.8 Å². The van der Waals surface area contributed by atoms with Gasteiger partial charge in [-0.05, 0) is 25.0 Å². The molecule has 0 aromatic carbocycles. The summed E-state index contributed by atoms with van der Waals surface area (Å²) >= 11 is 1.41. The third-order valence-electron chi connectivity index (χ3n) is 5.14. The molecule has 156 valence electrons. The molecule has 0 saturated carbocycles. The topological polar surface area (TPSA) is 115 Å². The standard InChI is InChI=1S/C20H19N9OS/c30-19(27-20-26-16(10-31-20)15-3-1-2-6-22-15)14-4-7-28(8-5-14)17-9-18(24-12-23-17)29-13-21-11-25-29/h1-3,6,9-14H,4-5,7-8H2,(H,26,27,30). The minimum atomic E-state index is -0.0601. The quantitative estimate of drug-likeness (QED) is 0.510. The van der Waals surface area contributed by atoms with Gasteiger partial charge in [0.25, 0.3) is 0 Å². The highest BCUT2D eigenvalue weighted by atomic mass is 32.1. The molecule has 0 atom stereocenters. The highest BCUT2D eigenvalue weighted by Gasteiger charge is 2.26. The monoisotopic (exact) mass is 433 g/mol. The number of nitrogens with zero attached hydrogens (tertiary/aromatic N) is 8. The predicted octanol–water partition coefficient (Wildman–Crippen LogP) is 2.43. The first-order chi connectivity index (χ1) is 15.3. The van der Waals surface area contributed by atoms with E-state index >= 15 is 0 Å². The first-order valence-corrected chi connectivity index (χ1v) is 10.7.